The van der Waals surface area contributed by atoms with Crippen LogP contribution in [-0.2, 0) is 40.5 Å². The van der Waals surface area contributed by atoms with Gasteiger partial charge in [0, 0.05) is 29.3 Å². The summed E-state index contributed by atoms with van der Waals surface area (Å²) in [6.07, 6.45) is 14.3. The molecule has 2 aliphatic carbocycles. The number of nitrogens with zero attached hydrogens (tertiary/aromatic N) is 2. The first-order valence-electron chi connectivity index (χ1n) is 22.3. The third-order valence-electron chi connectivity index (χ3n) is 15.5. The molecule has 2 unspecified atom stereocenters. The van der Waals surface area contributed by atoms with Crippen LogP contribution < -0.4 is 9.13 Å². The average molecular weight is 759 g/mol. The average Bonchev–Trinajstić information content (AvgIpc) is 3.18. The monoisotopic (exact) mass is 759 g/mol. The maximum atomic E-state index is 2.69. The zero-order valence-electron chi connectivity index (χ0n) is 37.7. The number of aromatic nitrogens is 2. The number of hydrogen-bond donors (Lipinski definition) is 0. The van der Waals surface area contributed by atoms with Crippen LogP contribution >= 0.6 is 0 Å². The van der Waals surface area contributed by atoms with Gasteiger partial charge in [0.25, 0.3) is 0 Å². The number of aryl methyl sites for hydroxylation is 3. The lowest BCUT2D eigenvalue weighted by molar-refractivity contribution is -0.714. The van der Waals surface area contributed by atoms with Crippen LogP contribution in [0.25, 0.3) is 33.6 Å². The molecule has 0 spiro atoms. The van der Waals surface area contributed by atoms with E-state index in [4.69, 9.17) is 0 Å². The van der Waals surface area contributed by atoms with Crippen LogP contribution in [0, 0.1) is 6.92 Å². The zero-order chi connectivity index (χ0) is 40.9. The van der Waals surface area contributed by atoms with Gasteiger partial charge in [-0.1, -0.05) is 106 Å². The van der Waals surface area contributed by atoms with Gasteiger partial charge in [0.15, 0.2) is 18.4 Å². The molecule has 0 saturated carbocycles. The van der Waals surface area contributed by atoms with Crippen LogP contribution in [0.5, 0.6) is 0 Å². The first-order chi connectivity index (χ1) is 26.8. The molecule has 2 aromatic heterocycles. The summed E-state index contributed by atoms with van der Waals surface area (Å²) in [5.74, 6) is 0. The van der Waals surface area contributed by atoms with Gasteiger partial charge in [-0.05, 0) is 149 Å². The number of unbranched alkanes of at least 4 members (excludes halogenated alkanes) is 1. The van der Waals surface area contributed by atoms with Crippen LogP contribution in [0.1, 0.15) is 172 Å². The highest BCUT2D eigenvalue weighted by Crippen LogP contribution is 2.54. The van der Waals surface area contributed by atoms with Crippen molar-refractivity contribution in [3.8, 4) is 33.6 Å². The van der Waals surface area contributed by atoms with E-state index in [1.54, 1.807) is 0 Å². The molecule has 57 heavy (non-hydrogen) atoms. The maximum Gasteiger partial charge on any atom is 0.213 e. The first-order valence-corrected chi connectivity index (χ1v) is 22.3. The number of benzene rings is 3. The Morgan fingerprint density at radius 3 is 1.88 bits per heavy atom. The minimum atomic E-state index is -0.120. The van der Waals surface area contributed by atoms with Crippen molar-refractivity contribution in [2.45, 2.75) is 168 Å². The predicted molar refractivity (Wildman–Crippen MR) is 240 cm³/mol. The molecule has 1 aliphatic heterocycles. The van der Waals surface area contributed by atoms with E-state index in [2.05, 4.69) is 184 Å². The first kappa shape index (κ1) is 39.8. The second-order valence-corrected chi connectivity index (χ2v) is 21.3. The summed E-state index contributed by atoms with van der Waals surface area (Å²) in [7, 11) is 2.29. The summed E-state index contributed by atoms with van der Waals surface area (Å²) < 4.78 is 5.09. The topological polar surface area (TPSA) is 7.76 Å². The lowest BCUT2D eigenvalue weighted by Crippen LogP contribution is -2.55. The quantitative estimate of drug-likeness (QED) is 0.146. The van der Waals surface area contributed by atoms with E-state index in [0.29, 0.717) is 0 Å². The molecule has 0 amide bonds. The molecule has 0 N–H and O–H groups in total. The third kappa shape index (κ3) is 6.44. The van der Waals surface area contributed by atoms with Gasteiger partial charge < -0.3 is 0 Å². The van der Waals surface area contributed by atoms with Crippen LogP contribution in [0.3, 0.4) is 0 Å². The molecular weight excluding hydrogens is 689 g/mol. The maximum absolute atomic E-state index is 2.69. The fraction of sp³-hybridized carbons (Fsp3) is 0.491. The fourth-order valence-corrected chi connectivity index (χ4v) is 11.2. The highest BCUT2D eigenvalue weighted by Gasteiger charge is 2.51. The SMILES string of the molecule is CCCCc1ccc2c(c1)C(C)(CC)C(c1cc3c(cc1-c1cc(C)c(-c4ccc5c(c4)C(C)(C)CCC5(C)C)c[n+]1C)C(C)(C)CCC3(C)C)[n+]1ccccc1-2. The largest absolute Gasteiger partial charge is 0.213 e. The third-order valence-corrected chi connectivity index (χ3v) is 15.5. The van der Waals surface area contributed by atoms with Gasteiger partial charge in [-0.25, -0.2) is 4.57 Å². The fourth-order valence-electron chi connectivity index (χ4n) is 11.2. The molecule has 2 nitrogen and oxygen atoms in total. The summed E-state index contributed by atoms with van der Waals surface area (Å²) >= 11 is 0. The Bertz CT molecular complexity index is 2380. The highest BCUT2D eigenvalue weighted by atomic mass is 15.0. The molecule has 3 heterocycles. The molecule has 3 aromatic carbocycles. The number of hydrogen-bond acceptors (Lipinski definition) is 0. The molecular formula is C55H70N2+2. The van der Waals surface area contributed by atoms with Gasteiger partial charge in [-0.3, -0.25) is 0 Å². The van der Waals surface area contributed by atoms with Crippen LogP contribution in [0.2, 0.25) is 0 Å². The zero-order valence-corrected chi connectivity index (χ0v) is 37.7. The van der Waals surface area contributed by atoms with E-state index in [-0.39, 0.29) is 33.1 Å². The van der Waals surface area contributed by atoms with E-state index in [1.165, 1.54) is 117 Å². The Balaban J connectivity index is 1.38. The summed E-state index contributed by atoms with van der Waals surface area (Å²) in [6.45, 7) is 29.3. The summed E-state index contributed by atoms with van der Waals surface area (Å²) in [5.41, 5.74) is 20.4. The predicted octanol–water partition coefficient (Wildman–Crippen LogP) is 13.4. The van der Waals surface area contributed by atoms with Crippen LogP contribution in [0.15, 0.2) is 85.2 Å². The van der Waals surface area contributed by atoms with E-state index in [9.17, 15) is 0 Å². The number of fused-ring (bicyclic) bond motifs is 5. The van der Waals surface area contributed by atoms with Crippen molar-refractivity contribution in [3.63, 3.8) is 0 Å². The minimum Gasteiger partial charge on any atom is -0.200 e. The molecule has 0 fully saturated rings. The van der Waals surface area contributed by atoms with Crippen molar-refractivity contribution < 1.29 is 9.13 Å². The lowest BCUT2D eigenvalue weighted by Gasteiger charge is -2.44. The summed E-state index contributed by atoms with van der Waals surface area (Å²) in [4.78, 5) is 0. The molecule has 8 rings (SSSR count). The number of pyridine rings is 2. The van der Waals surface area contributed by atoms with Gasteiger partial charge in [-0.2, -0.15) is 4.57 Å². The van der Waals surface area contributed by atoms with Gasteiger partial charge in [-0.15, -0.1) is 0 Å². The highest BCUT2D eigenvalue weighted by molar-refractivity contribution is 5.74. The smallest absolute Gasteiger partial charge is 0.200 e. The Hall–Kier alpha value is -4.04. The van der Waals surface area contributed by atoms with Crippen molar-refractivity contribution >= 4 is 0 Å². The molecule has 3 aliphatic rings. The van der Waals surface area contributed by atoms with E-state index in [1.807, 2.05) is 0 Å². The molecule has 0 saturated heterocycles. The molecule has 2 heteroatoms. The second kappa shape index (κ2) is 13.8. The molecule has 5 aromatic rings. The minimum absolute atomic E-state index is 0.0988. The molecule has 298 valence electrons. The van der Waals surface area contributed by atoms with Crippen LogP contribution in [-0.4, -0.2) is 0 Å². The Morgan fingerprint density at radius 2 is 1.23 bits per heavy atom. The van der Waals surface area contributed by atoms with E-state index in [0.717, 1.165) is 12.8 Å². The standard InChI is InChI=1S/C55H70N2/c1-14-16-19-37-21-23-39-44(31-37)55(12,15-2)50(57-29-18-17-20-48(39)57)41-34-47-46(53(8,9)27-28-54(47,10)11)33-40(41)49-30-36(3)42(35-56(49)13)38-22-24-43-45(32-38)52(6,7)26-25-51(43,4)5/h17-18,20-24,29-35,50H,14-16,19,25-28H2,1-13H3/q+2. The van der Waals surface area contributed by atoms with Crippen molar-refractivity contribution in [2.75, 3.05) is 0 Å². The Labute approximate surface area is 345 Å². The van der Waals surface area contributed by atoms with Crippen molar-refractivity contribution in [3.05, 3.63) is 130 Å². The number of rotatable bonds is 7. The van der Waals surface area contributed by atoms with Crippen molar-refractivity contribution in [1.82, 2.24) is 0 Å². The summed E-state index contributed by atoms with van der Waals surface area (Å²) in [5, 5.41) is 0. The Morgan fingerprint density at radius 1 is 0.596 bits per heavy atom. The van der Waals surface area contributed by atoms with Gasteiger partial charge in [0.05, 0.1) is 16.5 Å². The van der Waals surface area contributed by atoms with Crippen LogP contribution in [0.4, 0.5) is 0 Å². The Kier molecular flexibility index (Phi) is 9.61. The van der Waals surface area contributed by atoms with E-state index < -0.39 is 0 Å². The second-order valence-electron chi connectivity index (χ2n) is 21.3. The van der Waals surface area contributed by atoms with Gasteiger partial charge in [0.2, 0.25) is 11.4 Å². The van der Waals surface area contributed by atoms with E-state index >= 15 is 0 Å². The molecule has 0 bridgehead atoms. The van der Waals surface area contributed by atoms with Crippen molar-refractivity contribution in [2.24, 2.45) is 7.05 Å². The molecule has 0 radical (unpaired) electrons. The van der Waals surface area contributed by atoms with Crippen molar-refractivity contribution in [1.29, 1.82) is 0 Å². The van der Waals surface area contributed by atoms with Gasteiger partial charge >= 0.3 is 0 Å². The summed E-state index contributed by atoms with van der Waals surface area (Å²) in [6, 6.07) is 29.6. The molecule has 2 atom stereocenters. The normalized spacial score (nSPS) is 22.2. The lowest BCUT2D eigenvalue weighted by atomic mass is 9.60. The van der Waals surface area contributed by atoms with Gasteiger partial charge in [0.1, 0.15) is 7.05 Å².